The molecular weight excluding hydrogens is 271 g/mol. The summed E-state index contributed by atoms with van der Waals surface area (Å²) in [5.74, 6) is -0.0432. The third kappa shape index (κ3) is 2.52. The van der Waals surface area contributed by atoms with E-state index >= 15 is 0 Å². The van der Waals surface area contributed by atoms with E-state index in [0.29, 0.717) is 22.2 Å². The molecule has 0 saturated carbocycles. The van der Waals surface area contributed by atoms with Crippen LogP contribution in [0.25, 0.3) is 0 Å². The Labute approximate surface area is 116 Å². The van der Waals surface area contributed by atoms with Crippen LogP contribution in [0.3, 0.4) is 0 Å². The molecule has 1 aromatic rings. The Balaban J connectivity index is 2.36. The predicted octanol–water partition coefficient (Wildman–Crippen LogP) is 4.13. The van der Waals surface area contributed by atoms with Crippen LogP contribution in [-0.2, 0) is 4.79 Å². The molecule has 0 N–H and O–H groups in total. The number of hydrazone groups is 1. The van der Waals surface area contributed by atoms with Crippen LogP contribution in [0.5, 0.6) is 0 Å². The molecule has 0 bridgehead atoms. The molecular formula is C13H14Cl2N2O. The maximum atomic E-state index is 12.0. The maximum absolute atomic E-state index is 12.0. The van der Waals surface area contributed by atoms with E-state index in [9.17, 15) is 4.79 Å². The van der Waals surface area contributed by atoms with Gasteiger partial charge in [-0.25, -0.2) is 5.01 Å². The highest BCUT2D eigenvalue weighted by atomic mass is 35.5. The van der Waals surface area contributed by atoms with E-state index in [1.807, 2.05) is 20.8 Å². The molecule has 0 aromatic heterocycles. The van der Waals surface area contributed by atoms with Crippen molar-refractivity contribution in [3.05, 3.63) is 28.2 Å². The molecule has 0 aliphatic carbocycles. The molecule has 1 heterocycles. The zero-order valence-corrected chi connectivity index (χ0v) is 12.0. The molecule has 0 unspecified atom stereocenters. The fourth-order valence-electron chi connectivity index (χ4n) is 1.66. The van der Waals surface area contributed by atoms with Gasteiger partial charge in [0, 0.05) is 5.41 Å². The maximum Gasteiger partial charge on any atom is 0.253 e. The molecule has 1 aromatic carbocycles. The third-order valence-electron chi connectivity index (χ3n) is 2.79. The molecule has 5 heteroatoms. The van der Waals surface area contributed by atoms with E-state index in [2.05, 4.69) is 5.10 Å². The van der Waals surface area contributed by atoms with Gasteiger partial charge in [0.1, 0.15) is 0 Å². The van der Waals surface area contributed by atoms with Crippen molar-refractivity contribution in [1.82, 2.24) is 0 Å². The summed E-state index contributed by atoms with van der Waals surface area (Å²) < 4.78 is 0. The van der Waals surface area contributed by atoms with Crippen molar-refractivity contribution in [2.45, 2.75) is 27.2 Å². The van der Waals surface area contributed by atoms with Gasteiger partial charge in [-0.1, -0.05) is 44.0 Å². The normalized spacial score (nSPS) is 16.2. The first-order chi connectivity index (χ1) is 8.29. The lowest BCUT2D eigenvalue weighted by Crippen LogP contribution is -2.20. The standard InChI is InChI=1S/C13H14Cl2N2O/c1-13(2,3)11-7-12(18)17(16-11)8-4-5-9(14)10(15)6-8/h4-6H,7H2,1-3H3. The Morgan fingerprint density at radius 2 is 1.89 bits per heavy atom. The van der Waals surface area contributed by atoms with Crippen LogP contribution in [0.2, 0.25) is 10.0 Å². The van der Waals surface area contributed by atoms with E-state index in [-0.39, 0.29) is 11.3 Å². The topological polar surface area (TPSA) is 32.7 Å². The molecule has 1 aliphatic rings. The minimum Gasteiger partial charge on any atom is -0.272 e. The van der Waals surface area contributed by atoms with Crippen molar-refractivity contribution in [2.24, 2.45) is 10.5 Å². The lowest BCUT2D eigenvalue weighted by molar-refractivity contribution is -0.116. The monoisotopic (exact) mass is 284 g/mol. The van der Waals surface area contributed by atoms with Gasteiger partial charge in [0.05, 0.1) is 27.9 Å². The van der Waals surface area contributed by atoms with Crippen molar-refractivity contribution in [3.8, 4) is 0 Å². The number of amides is 1. The number of rotatable bonds is 1. The molecule has 96 valence electrons. The first-order valence-electron chi connectivity index (χ1n) is 5.65. The van der Waals surface area contributed by atoms with Gasteiger partial charge in [-0.15, -0.1) is 0 Å². The van der Waals surface area contributed by atoms with E-state index in [0.717, 1.165) is 5.71 Å². The summed E-state index contributed by atoms with van der Waals surface area (Å²) in [6.07, 6.45) is 0.351. The van der Waals surface area contributed by atoms with Gasteiger partial charge in [0.15, 0.2) is 0 Å². The van der Waals surface area contributed by atoms with Gasteiger partial charge < -0.3 is 0 Å². The van der Waals surface area contributed by atoms with Crippen molar-refractivity contribution in [2.75, 3.05) is 5.01 Å². The van der Waals surface area contributed by atoms with Gasteiger partial charge in [-0.05, 0) is 18.2 Å². The molecule has 0 fully saturated rings. The Hall–Kier alpha value is -1.06. The molecule has 0 atom stereocenters. The zero-order valence-electron chi connectivity index (χ0n) is 10.5. The minimum atomic E-state index is -0.110. The number of benzene rings is 1. The number of carbonyl (C=O) groups is 1. The van der Waals surface area contributed by atoms with E-state index in [4.69, 9.17) is 23.2 Å². The quantitative estimate of drug-likeness (QED) is 0.763. The van der Waals surface area contributed by atoms with Gasteiger partial charge in [-0.2, -0.15) is 5.10 Å². The summed E-state index contributed by atoms with van der Waals surface area (Å²) in [5.41, 5.74) is 1.41. The summed E-state index contributed by atoms with van der Waals surface area (Å²) in [6.45, 7) is 6.12. The third-order valence-corrected chi connectivity index (χ3v) is 3.53. The molecule has 1 aliphatic heterocycles. The highest BCUT2D eigenvalue weighted by Gasteiger charge is 2.32. The van der Waals surface area contributed by atoms with Crippen molar-refractivity contribution < 1.29 is 4.79 Å². The lowest BCUT2D eigenvalue weighted by atomic mass is 9.88. The summed E-state index contributed by atoms with van der Waals surface area (Å²) in [4.78, 5) is 12.0. The molecule has 2 rings (SSSR count). The van der Waals surface area contributed by atoms with Crippen molar-refractivity contribution in [1.29, 1.82) is 0 Å². The van der Waals surface area contributed by atoms with Crippen LogP contribution in [0, 0.1) is 5.41 Å². The molecule has 1 amide bonds. The van der Waals surface area contributed by atoms with Crippen molar-refractivity contribution in [3.63, 3.8) is 0 Å². The number of anilines is 1. The number of carbonyl (C=O) groups excluding carboxylic acids is 1. The fourth-order valence-corrected chi connectivity index (χ4v) is 1.96. The smallest absolute Gasteiger partial charge is 0.253 e. The Morgan fingerprint density at radius 1 is 1.22 bits per heavy atom. The van der Waals surface area contributed by atoms with Crippen LogP contribution >= 0.6 is 23.2 Å². The minimum absolute atomic E-state index is 0.0432. The van der Waals surface area contributed by atoms with Gasteiger partial charge in [0.2, 0.25) is 0 Å². The number of nitrogens with zero attached hydrogens (tertiary/aromatic N) is 2. The SMILES string of the molecule is CC(C)(C)C1=NN(c2ccc(Cl)c(Cl)c2)C(=O)C1. The van der Waals surface area contributed by atoms with Crippen LogP contribution in [0.4, 0.5) is 5.69 Å². The summed E-state index contributed by atoms with van der Waals surface area (Å²) >= 11 is 11.8. The van der Waals surface area contributed by atoms with E-state index in [1.165, 1.54) is 5.01 Å². The van der Waals surface area contributed by atoms with Gasteiger partial charge in [-0.3, -0.25) is 4.79 Å². The second kappa shape index (κ2) is 4.56. The summed E-state index contributed by atoms with van der Waals surface area (Å²) in [6, 6.07) is 5.05. The van der Waals surface area contributed by atoms with Crippen LogP contribution < -0.4 is 5.01 Å². The van der Waals surface area contributed by atoms with E-state index < -0.39 is 0 Å². The van der Waals surface area contributed by atoms with Gasteiger partial charge in [0.25, 0.3) is 5.91 Å². The Morgan fingerprint density at radius 3 is 2.39 bits per heavy atom. The number of halogens is 2. The lowest BCUT2D eigenvalue weighted by Gasteiger charge is -2.16. The Kier molecular flexibility index (Phi) is 3.39. The molecule has 0 radical (unpaired) electrons. The van der Waals surface area contributed by atoms with Gasteiger partial charge >= 0.3 is 0 Å². The van der Waals surface area contributed by atoms with Crippen LogP contribution in [-0.4, -0.2) is 11.6 Å². The second-order valence-electron chi connectivity index (χ2n) is 5.28. The average molecular weight is 285 g/mol. The number of hydrogen-bond donors (Lipinski definition) is 0. The molecule has 3 nitrogen and oxygen atoms in total. The second-order valence-corrected chi connectivity index (χ2v) is 6.09. The van der Waals surface area contributed by atoms with Crippen molar-refractivity contribution >= 4 is 40.5 Å². The van der Waals surface area contributed by atoms with Crippen LogP contribution in [0.1, 0.15) is 27.2 Å². The molecule has 0 saturated heterocycles. The first kappa shape index (κ1) is 13.4. The zero-order chi connectivity index (χ0) is 13.5. The van der Waals surface area contributed by atoms with E-state index in [1.54, 1.807) is 18.2 Å². The average Bonchev–Trinajstić information content (AvgIpc) is 2.64. The number of hydrogen-bond acceptors (Lipinski definition) is 2. The fraction of sp³-hybridized carbons (Fsp3) is 0.385. The molecule has 0 spiro atoms. The Bertz CT molecular complexity index is 532. The highest BCUT2D eigenvalue weighted by molar-refractivity contribution is 6.42. The first-order valence-corrected chi connectivity index (χ1v) is 6.40. The largest absolute Gasteiger partial charge is 0.272 e. The summed E-state index contributed by atoms with van der Waals surface area (Å²) in [5, 5.41) is 6.65. The highest BCUT2D eigenvalue weighted by Crippen LogP contribution is 2.31. The molecule has 18 heavy (non-hydrogen) atoms. The predicted molar refractivity (Wildman–Crippen MR) is 75.5 cm³/mol. The summed E-state index contributed by atoms with van der Waals surface area (Å²) in [7, 11) is 0. The van der Waals surface area contributed by atoms with Crippen LogP contribution in [0.15, 0.2) is 23.3 Å².